The molecule has 25 heteroatoms. The Hall–Kier alpha value is -8.05. The Kier molecular flexibility index (Phi) is 19.1. The summed E-state index contributed by atoms with van der Waals surface area (Å²) in [7, 11) is -50.6. The molecular weight excluding hydrogens is 1450 g/mol. The van der Waals surface area contributed by atoms with Crippen molar-refractivity contribution in [2.45, 2.75) is 0 Å². The summed E-state index contributed by atoms with van der Waals surface area (Å²) in [6, 6.07) is 119. The molecule has 4 aliphatic heterocycles. The third kappa shape index (κ3) is 13.2. The topological polar surface area (TPSA) is 129 Å². The van der Waals surface area contributed by atoms with Crippen LogP contribution < -0.4 is 51.9 Å². The molecule has 101 heavy (non-hydrogen) atoms. The van der Waals surface area contributed by atoms with Crippen molar-refractivity contribution in [1.82, 2.24) is 0 Å². The average Bonchev–Trinajstić information content (AvgIpc) is 0.685. The van der Waals surface area contributed by atoms with Gasteiger partial charge in [-0.3, -0.25) is 0 Å². The predicted octanol–water partition coefficient (Wildman–Crippen LogP) is 6.81. The predicted molar refractivity (Wildman–Crippen MR) is 416 cm³/mol. The zero-order valence-electron chi connectivity index (χ0n) is 54.7. The van der Waals surface area contributed by atoms with Crippen molar-refractivity contribution in [1.29, 1.82) is 0 Å². The van der Waals surface area contributed by atoms with Crippen LogP contribution in [0.15, 0.2) is 375 Å². The van der Waals surface area contributed by atoms with E-state index >= 15 is 0 Å². The summed E-state index contributed by atoms with van der Waals surface area (Å²) in [6.45, 7) is 0. The van der Waals surface area contributed by atoms with E-state index in [0.29, 0.717) is 51.9 Å². The van der Waals surface area contributed by atoms with Gasteiger partial charge in [0.25, 0.3) is 0 Å². The third-order valence-corrected chi connectivity index (χ3v) is 60.0. The quantitative estimate of drug-likeness (QED) is 0.0998. The molecule has 4 fully saturated rings. The molecule has 16 rings (SSSR count). The van der Waals surface area contributed by atoms with Gasteiger partial charge in [0.15, 0.2) is 0 Å². The van der Waals surface area contributed by atoms with Crippen LogP contribution in [-0.2, 0) is 57.6 Å². The summed E-state index contributed by atoms with van der Waals surface area (Å²) in [5, 5.41) is 5.51. The van der Waals surface area contributed by atoms with E-state index in [1.54, 1.807) is 0 Å². The lowest BCUT2D eigenvalue weighted by atomic mass is 10.2. The van der Waals surface area contributed by atoms with Gasteiger partial charge in [0.05, 0.1) is 0 Å². The molecule has 14 nitrogen and oxygen atoms in total. The van der Waals surface area contributed by atoms with Crippen LogP contribution in [-0.4, -0.2) is 98.5 Å². The van der Waals surface area contributed by atoms with Crippen molar-refractivity contribution in [3.63, 3.8) is 0 Å². The molecule has 8 unspecified atom stereocenters. The molecule has 0 N–H and O–H groups in total. The van der Waals surface area contributed by atoms with Gasteiger partial charge in [-0.05, 0) is 38.1 Å². The lowest BCUT2D eigenvalue weighted by Crippen LogP contribution is -2.90. The van der Waals surface area contributed by atoms with Gasteiger partial charge in [-0.15, -0.1) is 0 Å². The van der Waals surface area contributed by atoms with Gasteiger partial charge < -0.3 is 57.6 Å². The maximum absolute atomic E-state index is 8.96. The molecule has 12 aromatic carbocycles. The van der Waals surface area contributed by atoms with Gasteiger partial charge in [0.1, 0.15) is 10.5 Å². The highest BCUT2D eigenvalue weighted by Gasteiger charge is 2.80. The highest BCUT2D eigenvalue weighted by atomic mass is 28.6. The van der Waals surface area contributed by atoms with Crippen molar-refractivity contribution in [3.8, 4) is 0 Å². The number of fused-ring (bicyclic) bond motifs is 6. The van der Waals surface area contributed by atoms with Crippen LogP contribution in [0.1, 0.15) is 11.1 Å². The van der Waals surface area contributed by atoms with Crippen LogP contribution in [0.4, 0.5) is 0 Å². The van der Waals surface area contributed by atoms with Crippen LogP contribution in [0.3, 0.4) is 0 Å². The van der Waals surface area contributed by atoms with Crippen molar-refractivity contribution >= 4 is 163 Å². The number of hydrogen-bond acceptors (Lipinski definition) is 14. The summed E-state index contributed by atoms with van der Waals surface area (Å²) >= 11 is 0. The molecule has 500 valence electrons. The normalized spacial score (nSPS) is 29.0. The molecule has 0 aromatic heterocycles. The molecule has 4 heterocycles. The van der Waals surface area contributed by atoms with E-state index in [0.717, 1.165) is 11.1 Å². The first-order valence-corrected chi connectivity index (χ1v) is 51.5. The van der Waals surface area contributed by atoms with Crippen LogP contribution in [0.5, 0.6) is 0 Å². The lowest BCUT2D eigenvalue weighted by molar-refractivity contribution is 0.0578. The molecule has 4 saturated heterocycles. The standard InChI is InChI=1S/C76H68O14Si11/c91-77-95(70-47-23-6-24-48-70)80-93(68-43-19-4-20-44-68,63-61-65-37-13-1-14-38-65)82-98(73-53-29-9-30-54-73)86-97(72-51-27-8-28-52-72)79-92(67-41-17-3-18-42-67)78-96(71-49-25-7-26-50-71)81-94(69-45-21-5-22-46-69,64-62-66-39-15-2-16-40-66)83-99(87-97,74-55-31-10-32-56-74)89-101(88-98,76-59-35-12-36-60-76)90-100(84-95,85-96)75-57-33-11-34-58-75/h1-64,92H,91H3/b63-61+,64-62+/t92?,93?,94?,95?,96?,97?,98?,99?,100-,101+/m1/s1. The minimum absolute atomic E-state index is 0.0243. The van der Waals surface area contributed by atoms with Crippen LogP contribution in [0, 0.1) is 0 Å². The largest absolute Gasteiger partial charge is 0.515 e. The smallest absolute Gasteiger partial charge is 0.422 e. The zero-order chi connectivity index (χ0) is 68.2. The molecule has 0 saturated carbocycles. The maximum Gasteiger partial charge on any atom is 0.515 e. The zero-order valence-corrected chi connectivity index (χ0v) is 66.9. The Labute approximate surface area is 602 Å². The van der Waals surface area contributed by atoms with E-state index in [-0.39, 0.29) is 10.5 Å². The van der Waals surface area contributed by atoms with E-state index in [9.17, 15) is 0 Å². The Morgan fingerprint density at radius 3 is 0.782 bits per heavy atom. The van der Waals surface area contributed by atoms with Gasteiger partial charge in [-0.1, -0.05) is 376 Å². The minimum atomic E-state index is -5.49. The maximum atomic E-state index is 8.96. The van der Waals surface area contributed by atoms with Crippen molar-refractivity contribution in [3.05, 3.63) is 387 Å². The van der Waals surface area contributed by atoms with Gasteiger partial charge in [0, 0.05) is 36.3 Å². The first-order chi connectivity index (χ1) is 49.6. The van der Waals surface area contributed by atoms with Gasteiger partial charge in [-0.25, -0.2) is 0 Å². The first-order valence-electron chi connectivity index (χ1n) is 33.3. The fourth-order valence-corrected chi connectivity index (χ4v) is 67.8. The van der Waals surface area contributed by atoms with E-state index in [2.05, 4.69) is 5.70 Å². The molecular formula is C76H68O14Si11. The van der Waals surface area contributed by atoms with E-state index < -0.39 is 88.0 Å². The van der Waals surface area contributed by atoms with Crippen molar-refractivity contribution in [2.75, 3.05) is 0 Å². The van der Waals surface area contributed by atoms with Crippen molar-refractivity contribution in [2.24, 2.45) is 0 Å². The Morgan fingerprint density at radius 1 is 0.228 bits per heavy atom. The van der Waals surface area contributed by atoms with E-state index in [1.807, 2.05) is 382 Å². The summed E-state index contributed by atoms with van der Waals surface area (Å²) in [5.41, 5.74) is 5.80. The summed E-state index contributed by atoms with van der Waals surface area (Å²) < 4.78 is 122. The SMILES string of the molecule is [SiH3]O[Si]1(c2ccccc2)O[Si](/C=C/c2ccccc2)(c2ccccc2)O[Si]2(c3ccccc3)O[Si]3(c4ccccc4)O[SiH](c4ccccc4)O[Si]4(c5ccccc5)O[Si](/C=C/c5ccccc5)(c5ccccc5)O[Si](c5ccccc5)(O3)O[Si@](c3ccccc3)(O2)O[Si@](c2ccccc2)(O1)O4. The molecule has 0 aliphatic carbocycles. The number of benzene rings is 12. The monoisotopic (exact) mass is 1510 g/mol. The molecule has 0 amide bonds. The Balaban J connectivity index is 1.18. The van der Waals surface area contributed by atoms with Gasteiger partial charge in [-0.2, -0.15) is 0 Å². The van der Waals surface area contributed by atoms with E-state index in [4.69, 9.17) is 57.6 Å². The second-order valence-corrected chi connectivity index (χ2v) is 54.5. The lowest BCUT2D eigenvalue weighted by Gasteiger charge is -2.58. The summed E-state index contributed by atoms with van der Waals surface area (Å²) in [6.07, 6.45) is 4.07. The Bertz CT molecular complexity index is 4800. The second-order valence-electron chi connectivity index (χ2n) is 24.3. The van der Waals surface area contributed by atoms with Crippen LogP contribution >= 0.6 is 0 Å². The highest BCUT2D eigenvalue weighted by Crippen LogP contribution is 2.44. The first kappa shape index (κ1) is 67.4. The summed E-state index contributed by atoms with van der Waals surface area (Å²) in [5.74, 6) is 0. The molecule has 4 aliphatic rings. The number of rotatable bonds is 15. The fraction of sp³-hybridized carbons (Fsp3) is 0. The van der Waals surface area contributed by atoms with Crippen LogP contribution in [0.2, 0.25) is 0 Å². The molecule has 6 bridgehead atoms. The molecule has 0 radical (unpaired) electrons. The molecule has 12 aromatic rings. The average molecular weight is 1510 g/mol. The van der Waals surface area contributed by atoms with Crippen molar-refractivity contribution < 1.29 is 57.6 Å². The van der Waals surface area contributed by atoms with Gasteiger partial charge >= 0.3 is 88.0 Å². The van der Waals surface area contributed by atoms with Gasteiger partial charge in [0.2, 0.25) is 0 Å². The summed E-state index contributed by atoms with van der Waals surface area (Å²) in [4.78, 5) is 0. The molecule has 0 spiro atoms. The molecule has 10 atom stereocenters. The Morgan fingerprint density at radius 2 is 0.455 bits per heavy atom. The van der Waals surface area contributed by atoms with E-state index in [1.165, 1.54) is 0 Å². The second kappa shape index (κ2) is 28.6. The number of hydrogen-bond donors (Lipinski definition) is 0. The fourth-order valence-electron chi connectivity index (χ4n) is 12.9. The minimum Gasteiger partial charge on any atom is -0.422 e. The third-order valence-electron chi connectivity index (χ3n) is 17.7. The highest BCUT2D eigenvalue weighted by molar-refractivity contribution is 7.12. The van der Waals surface area contributed by atoms with Crippen LogP contribution in [0.25, 0.3) is 12.2 Å².